The zero-order valence-corrected chi connectivity index (χ0v) is 15.6. The van der Waals surface area contributed by atoms with E-state index in [0.717, 1.165) is 31.2 Å². The first kappa shape index (κ1) is 21.2. The number of carbonyl (C=O) groups excluding carboxylic acids is 2. The number of rotatable bonds is 10. The van der Waals surface area contributed by atoms with Crippen LogP contribution in [0.15, 0.2) is 30.3 Å². The Morgan fingerprint density at radius 3 is 2.32 bits per heavy atom. The van der Waals surface area contributed by atoms with Crippen LogP contribution in [0.1, 0.15) is 51.0 Å². The molecule has 1 rings (SSSR count). The Morgan fingerprint density at radius 1 is 1.09 bits per heavy atom. The Labute approximate surface area is 155 Å². The molecule has 1 N–H and O–H groups in total. The van der Waals surface area contributed by atoms with Crippen LogP contribution in [0.3, 0.4) is 0 Å². The van der Waals surface area contributed by atoms with E-state index in [1.54, 1.807) is 0 Å². The maximum atomic E-state index is 11.8. The van der Waals surface area contributed by atoms with E-state index in [1.165, 1.54) is 6.42 Å². The number of nitrogens with one attached hydrogen (secondary N) is 1. The van der Waals surface area contributed by atoms with Crippen LogP contribution >= 0.6 is 0 Å². The van der Waals surface area contributed by atoms with Gasteiger partial charge in [0.15, 0.2) is 0 Å². The predicted octanol–water partition coefficient (Wildman–Crippen LogP) is -1.17. The SMILES string of the molecule is CCCCCCCC(=O)N[C@@H](Cc1ccccc1)C(=O)[O-].[Na+]. The molecule has 0 unspecified atom stereocenters. The Balaban J connectivity index is 0.00000441. The number of carbonyl (C=O) groups is 2. The normalized spacial score (nSPS) is 11.3. The quantitative estimate of drug-likeness (QED) is 0.437. The largest absolute Gasteiger partial charge is 1.00 e. The van der Waals surface area contributed by atoms with Gasteiger partial charge in [0.2, 0.25) is 5.91 Å². The molecule has 22 heavy (non-hydrogen) atoms. The molecule has 0 heterocycles. The molecule has 0 aliphatic rings. The van der Waals surface area contributed by atoms with E-state index in [4.69, 9.17) is 0 Å². The first-order valence-corrected chi connectivity index (χ1v) is 7.67. The van der Waals surface area contributed by atoms with Crippen molar-refractivity contribution >= 4 is 11.9 Å². The summed E-state index contributed by atoms with van der Waals surface area (Å²) in [5.41, 5.74) is 0.870. The molecular weight excluding hydrogens is 289 g/mol. The molecule has 1 atom stereocenters. The second-order valence-corrected chi connectivity index (χ2v) is 5.29. The molecule has 0 saturated carbocycles. The summed E-state index contributed by atoms with van der Waals surface area (Å²) in [6, 6.07) is 8.27. The van der Waals surface area contributed by atoms with Crippen molar-refractivity contribution in [3.63, 3.8) is 0 Å². The molecule has 1 amide bonds. The van der Waals surface area contributed by atoms with Crippen LogP contribution in [0.4, 0.5) is 0 Å². The molecule has 5 heteroatoms. The third kappa shape index (κ3) is 9.23. The minimum Gasteiger partial charge on any atom is -0.548 e. The molecule has 0 saturated heterocycles. The topological polar surface area (TPSA) is 69.2 Å². The molecule has 0 bridgehead atoms. The van der Waals surface area contributed by atoms with Crippen LogP contribution in [0.25, 0.3) is 0 Å². The van der Waals surface area contributed by atoms with Gasteiger partial charge in [-0.3, -0.25) is 4.79 Å². The maximum Gasteiger partial charge on any atom is 1.00 e. The van der Waals surface area contributed by atoms with Gasteiger partial charge >= 0.3 is 29.6 Å². The van der Waals surface area contributed by atoms with E-state index >= 15 is 0 Å². The molecular formula is C17H24NNaO3. The average Bonchev–Trinajstić information content (AvgIpc) is 2.47. The van der Waals surface area contributed by atoms with Gasteiger partial charge in [-0.25, -0.2) is 0 Å². The molecule has 116 valence electrons. The van der Waals surface area contributed by atoms with Crippen molar-refractivity contribution in [1.29, 1.82) is 0 Å². The van der Waals surface area contributed by atoms with Gasteiger partial charge < -0.3 is 15.2 Å². The first-order valence-electron chi connectivity index (χ1n) is 7.67. The van der Waals surface area contributed by atoms with E-state index in [2.05, 4.69) is 12.2 Å². The predicted molar refractivity (Wildman–Crippen MR) is 80.5 cm³/mol. The van der Waals surface area contributed by atoms with Crippen LogP contribution in [0, 0.1) is 0 Å². The number of amides is 1. The van der Waals surface area contributed by atoms with E-state index in [1.807, 2.05) is 30.3 Å². The third-order valence-electron chi connectivity index (χ3n) is 3.41. The van der Waals surface area contributed by atoms with Crippen molar-refractivity contribution in [3.8, 4) is 0 Å². The van der Waals surface area contributed by atoms with Crippen molar-refractivity contribution in [2.45, 2.75) is 57.9 Å². The van der Waals surface area contributed by atoms with Gasteiger partial charge in [0.05, 0.1) is 12.0 Å². The summed E-state index contributed by atoms with van der Waals surface area (Å²) >= 11 is 0. The van der Waals surface area contributed by atoms with Gasteiger partial charge in [-0.2, -0.15) is 0 Å². The van der Waals surface area contributed by atoms with Gasteiger partial charge in [0.1, 0.15) is 0 Å². The minimum absolute atomic E-state index is 0. The Morgan fingerprint density at radius 2 is 1.73 bits per heavy atom. The number of aliphatic carboxylic acids is 1. The van der Waals surface area contributed by atoms with Crippen LogP contribution in [0.5, 0.6) is 0 Å². The number of carboxylic acid groups (broad SMARTS) is 1. The molecule has 1 aromatic rings. The second kappa shape index (κ2) is 12.7. The zero-order chi connectivity index (χ0) is 15.5. The third-order valence-corrected chi connectivity index (χ3v) is 3.41. The Kier molecular flexibility index (Phi) is 12.2. The monoisotopic (exact) mass is 313 g/mol. The summed E-state index contributed by atoms with van der Waals surface area (Å²) in [6.45, 7) is 2.14. The second-order valence-electron chi connectivity index (χ2n) is 5.29. The summed E-state index contributed by atoms with van der Waals surface area (Å²) < 4.78 is 0. The van der Waals surface area contributed by atoms with Crippen molar-refractivity contribution in [3.05, 3.63) is 35.9 Å². The maximum absolute atomic E-state index is 11.8. The summed E-state index contributed by atoms with van der Waals surface area (Å²) in [5, 5.41) is 13.7. The van der Waals surface area contributed by atoms with Gasteiger partial charge in [-0.15, -0.1) is 0 Å². The van der Waals surface area contributed by atoms with Crippen LogP contribution < -0.4 is 40.0 Å². The Bertz CT molecular complexity index is 437. The van der Waals surface area contributed by atoms with E-state index < -0.39 is 12.0 Å². The summed E-state index contributed by atoms with van der Waals surface area (Å²) in [5.74, 6) is -1.45. The number of hydrogen-bond donors (Lipinski definition) is 1. The van der Waals surface area contributed by atoms with Gasteiger partial charge in [0.25, 0.3) is 0 Å². The van der Waals surface area contributed by atoms with Crippen molar-refractivity contribution in [2.75, 3.05) is 0 Å². The summed E-state index contributed by atoms with van der Waals surface area (Å²) in [7, 11) is 0. The molecule has 0 aliphatic carbocycles. The van der Waals surface area contributed by atoms with E-state index in [-0.39, 0.29) is 41.9 Å². The molecule has 4 nitrogen and oxygen atoms in total. The van der Waals surface area contributed by atoms with Crippen molar-refractivity contribution < 1.29 is 44.3 Å². The number of hydrogen-bond acceptors (Lipinski definition) is 3. The molecule has 1 aromatic carbocycles. The van der Waals surface area contributed by atoms with Crippen molar-refractivity contribution in [2.24, 2.45) is 0 Å². The van der Waals surface area contributed by atoms with Crippen LogP contribution in [0.2, 0.25) is 0 Å². The standard InChI is InChI=1S/C17H25NO3.Na/c1-2-3-4-5-9-12-16(19)18-15(17(20)21)13-14-10-7-6-8-11-14;/h6-8,10-11,15H,2-5,9,12-13H2,1H3,(H,18,19)(H,20,21);/q;+1/p-1/t15-;/m0./s1. The molecule has 0 spiro atoms. The molecule has 0 aromatic heterocycles. The molecule has 0 radical (unpaired) electrons. The van der Waals surface area contributed by atoms with Crippen molar-refractivity contribution in [1.82, 2.24) is 5.32 Å². The van der Waals surface area contributed by atoms with Crippen LogP contribution in [-0.2, 0) is 16.0 Å². The number of benzene rings is 1. The fourth-order valence-corrected chi connectivity index (χ4v) is 2.20. The van der Waals surface area contributed by atoms with E-state index in [0.29, 0.717) is 6.42 Å². The summed E-state index contributed by atoms with van der Waals surface area (Å²) in [6.07, 6.45) is 5.91. The molecule has 0 fully saturated rings. The fourth-order valence-electron chi connectivity index (χ4n) is 2.20. The molecule has 0 aliphatic heterocycles. The van der Waals surface area contributed by atoms with Gasteiger partial charge in [-0.05, 0) is 18.4 Å². The smallest absolute Gasteiger partial charge is 0.548 e. The Hall–Kier alpha value is -0.840. The zero-order valence-electron chi connectivity index (χ0n) is 13.6. The number of unbranched alkanes of at least 4 members (excludes halogenated alkanes) is 4. The first-order chi connectivity index (χ1) is 10.1. The van der Waals surface area contributed by atoms with Gasteiger partial charge in [0, 0.05) is 6.42 Å². The van der Waals surface area contributed by atoms with Gasteiger partial charge in [-0.1, -0.05) is 62.9 Å². The average molecular weight is 313 g/mol. The number of carboxylic acids is 1. The minimum atomic E-state index is -1.24. The fraction of sp³-hybridized carbons (Fsp3) is 0.529. The van der Waals surface area contributed by atoms with Crippen LogP contribution in [-0.4, -0.2) is 17.9 Å². The van der Waals surface area contributed by atoms with E-state index in [9.17, 15) is 14.7 Å². The summed E-state index contributed by atoms with van der Waals surface area (Å²) in [4.78, 5) is 22.9.